The van der Waals surface area contributed by atoms with E-state index in [1.165, 1.54) is 23.6 Å². The molecule has 0 bridgehead atoms. The lowest BCUT2D eigenvalue weighted by atomic mass is 9.99. The molecule has 0 aromatic heterocycles. The molecule has 192 valence electrons. The number of hydrogen-bond donors (Lipinski definition) is 1. The lowest BCUT2D eigenvalue weighted by molar-refractivity contribution is -0.145. The summed E-state index contributed by atoms with van der Waals surface area (Å²) in [4.78, 5) is 43.4. The summed E-state index contributed by atoms with van der Waals surface area (Å²) in [6, 6.07) is 14.7. The Morgan fingerprint density at radius 1 is 1.08 bits per heavy atom. The molecule has 0 unspecified atom stereocenters. The van der Waals surface area contributed by atoms with Crippen molar-refractivity contribution in [3.63, 3.8) is 0 Å². The minimum Gasteiger partial charge on any atom is -0.368 e. The molecule has 1 heterocycles. The van der Waals surface area contributed by atoms with Crippen LogP contribution in [-0.4, -0.2) is 41.8 Å². The molecule has 37 heavy (non-hydrogen) atoms. The maximum Gasteiger partial charge on any atom is 0.251 e. The van der Waals surface area contributed by atoms with Crippen LogP contribution in [0.5, 0.6) is 0 Å². The highest BCUT2D eigenvalue weighted by Crippen LogP contribution is 2.48. The zero-order valence-electron chi connectivity index (χ0n) is 20.0. The summed E-state index contributed by atoms with van der Waals surface area (Å²) in [6.45, 7) is 1.43. The largest absolute Gasteiger partial charge is 0.368 e. The summed E-state index contributed by atoms with van der Waals surface area (Å²) in [5, 5.41) is -0.200. The number of nitrogens with zero attached hydrogens (tertiary/aromatic N) is 2. The molecule has 0 saturated carbocycles. The SMILES string of the molecule is C[C@@H](C(N)=O)N(C(=O)Cc1cc(F)cc(F)c1)[C@@H]1C(=O)N(C)c2cc(Cl)ccc2S[C@@H]1c1ccccc1. The highest BCUT2D eigenvalue weighted by molar-refractivity contribution is 7.99. The lowest BCUT2D eigenvalue weighted by Crippen LogP contribution is -2.58. The van der Waals surface area contributed by atoms with Gasteiger partial charge in [-0.05, 0) is 48.4 Å². The van der Waals surface area contributed by atoms with Crippen molar-refractivity contribution in [2.75, 3.05) is 11.9 Å². The first-order valence-corrected chi connectivity index (χ1v) is 12.7. The Morgan fingerprint density at radius 2 is 1.73 bits per heavy atom. The summed E-state index contributed by atoms with van der Waals surface area (Å²) < 4.78 is 27.7. The van der Waals surface area contributed by atoms with Crippen molar-refractivity contribution in [2.45, 2.75) is 35.6 Å². The highest BCUT2D eigenvalue weighted by atomic mass is 35.5. The summed E-state index contributed by atoms with van der Waals surface area (Å²) in [5.41, 5.74) is 6.99. The number of thioether (sulfide) groups is 1. The van der Waals surface area contributed by atoms with Gasteiger partial charge in [0, 0.05) is 23.0 Å². The van der Waals surface area contributed by atoms with Gasteiger partial charge in [-0.3, -0.25) is 14.4 Å². The number of carbonyl (C=O) groups is 3. The fourth-order valence-corrected chi connectivity index (χ4v) is 5.96. The number of amides is 3. The van der Waals surface area contributed by atoms with Gasteiger partial charge in [0.15, 0.2) is 0 Å². The van der Waals surface area contributed by atoms with Crippen LogP contribution in [0.15, 0.2) is 71.6 Å². The van der Waals surface area contributed by atoms with E-state index in [0.717, 1.165) is 27.5 Å². The van der Waals surface area contributed by atoms with Gasteiger partial charge in [0.05, 0.1) is 17.4 Å². The van der Waals surface area contributed by atoms with Gasteiger partial charge in [0.1, 0.15) is 23.7 Å². The molecule has 2 N–H and O–H groups in total. The van der Waals surface area contributed by atoms with E-state index in [0.29, 0.717) is 16.8 Å². The van der Waals surface area contributed by atoms with Crippen LogP contribution in [0.3, 0.4) is 0 Å². The van der Waals surface area contributed by atoms with E-state index in [1.54, 1.807) is 25.2 Å². The molecular formula is C27H24ClF2N3O3S. The average molecular weight is 544 g/mol. The third-order valence-electron chi connectivity index (χ3n) is 6.23. The molecule has 0 saturated heterocycles. The first kappa shape index (κ1) is 26.6. The number of benzene rings is 3. The van der Waals surface area contributed by atoms with Crippen molar-refractivity contribution in [1.82, 2.24) is 4.90 Å². The molecule has 1 aliphatic rings. The quantitative estimate of drug-likeness (QED) is 0.487. The predicted molar refractivity (Wildman–Crippen MR) is 139 cm³/mol. The molecule has 0 aliphatic carbocycles. The van der Waals surface area contributed by atoms with Crippen molar-refractivity contribution >= 4 is 46.8 Å². The molecule has 0 spiro atoms. The van der Waals surface area contributed by atoms with E-state index in [2.05, 4.69) is 0 Å². The van der Waals surface area contributed by atoms with E-state index < -0.39 is 53.1 Å². The van der Waals surface area contributed by atoms with Crippen molar-refractivity contribution in [2.24, 2.45) is 5.73 Å². The van der Waals surface area contributed by atoms with Crippen LogP contribution in [0, 0.1) is 11.6 Å². The second kappa shape index (κ2) is 10.9. The van der Waals surface area contributed by atoms with E-state index in [9.17, 15) is 23.2 Å². The van der Waals surface area contributed by atoms with Crippen LogP contribution in [0.2, 0.25) is 5.02 Å². The molecule has 3 atom stereocenters. The average Bonchev–Trinajstić information content (AvgIpc) is 2.94. The van der Waals surface area contributed by atoms with E-state index >= 15 is 0 Å². The third kappa shape index (κ3) is 5.62. The zero-order valence-corrected chi connectivity index (χ0v) is 21.6. The van der Waals surface area contributed by atoms with Crippen LogP contribution in [0.1, 0.15) is 23.3 Å². The van der Waals surface area contributed by atoms with Gasteiger partial charge in [0.2, 0.25) is 11.8 Å². The van der Waals surface area contributed by atoms with Crippen molar-refractivity contribution in [3.05, 3.63) is 94.5 Å². The molecule has 10 heteroatoms. The predicted octanol–water partition coefficient (Wildman–Crippen LogP) is 4.74. The number of nitrogens with two attached hydrogens (primary N) is 1. The number of hydrogen-bond acceptors (Lipinski definition) is 4. The van der Waals surface area contributed by atoms with Gasteiger partial charge < -0.3 is 15.5 Å². The van der Waals surface area contributed by atoms with Crippen molar-refractivity contribution < 1.29 is 23.2 Å². The van der Waals surface area contributed by atoms with Gasteiger partial charge >= 0.3 is 0 Å². The molecule has 3 aromatic rings. The van der Waals surface area contributed by atoms with Gasteiger partial charge in [-0.2, -0.15) is 0 Å². The minimum absolute atomic E-state index is 0.0672. The first-order chi connectivity index (χ1) is 17.6. The maximum atomic E-state index is 14.0. The Kier molecular flexibility index (Phi) is 7.85. The summed E-state index contributed by atoms with van der Waals surface area (Å²) >= 11 is 7.57. The highest BCUT2D eigenvalue weighted by Gasteiger charge is 2.45. The van der Waals surface area contributed by atoms with Crippen molar-refractivity contribution in [3.8, 4) is 0 Å². The first-order valence-electron chi connectivity index (χ1n) is 11.4. The fraction of sp³-hybridized carbons (Fsp3) is 0.222. The van der Waals surface area contributed by atoms with E-state index in [1.807, 2.05) is 30.3 Å². The van der Waals surface area contributed by atoms with Crippen LogP contribution in [-0.2, 0) is 20.8 Å². The van der Waals surface area contributed by atoms with E-state index in [4.69, 9.17) is 17.3 Å². The van der Waals surface area contributed by atoms with Crippen LogP contribution in [0.4, 0.5) is 14.5 Å². The summed E-state index contributed by atoms with van der Waals surface area (Å²) in [7, 11) is 1.57. The van der Waals surface area contributed by atoms with Gasteiger partial charge in [-0.15, -0.1) is 11.8 Å². The molecule has 4 rings (SSSR count). The Bertz CT molecular complexity index is 1340. The van der Waals surface area contributed by atoms with Crippen LogP contribution >= 0.6 is 23.4 Å². The second-order valence-electron chi connectivity index (χ2n) is 8.74. The number of carbonyl (C=O) groups excluding carboxylic acids is 3. The summed E-state index contributed by atoms with van der Waals surface area (Å²) in [6.07, 6.45) is -0.440. The Balaban J connectivity index is 1.85. The maximum absolute atomic E-state index is 14.0. The molecule has 3 aromatic carbocycles. The normalized spacial score (nSPS) is 18.1. The van der Waals surface area contributed by atoms with Crippen LogP contribution in [0.25, 0.3) is 0 Å². The van der Waals surface area contributed by atoms with E-state index in [-0.39, 0.29) is 5.56 Å². The second-order valence-corrected chi connectivity index (χ2v) is 10.4. The third-order valence-corrected chi connectivity index (χ3v) is 7.85. The standard InChI is InChI=1S/C27H24ClF2N3O3S/c1-15(26(31)35)33(23(34)12-16-10-19(29)14-20(30)11-16)24-25(17-6-4-3-5-7-17)37-22-9-8-18(28)13-21(22)32(2)27(24)36/h3-11,13-15,24-25H,12H2,1-2H3,(H2,31,35)/t15-,24-,25+/m0/s1. The monoisotopic (exact) mass is 543 g/mol. The molecular weight excluding hydrogens is 520 g/mol. The lowest BCUT2D eigenvalue weighted by Gasteiger charge is -2.38. The number of primary amides is 1. The topological polar surface area (TPSA) is 83.7 Å². The molecule has 1 aliphatic heterocycles. The Hall–Kier alpha value is -3.43. The number of anilines is 1. The van der Waals surface area contributed by atoms with Gasteiger partial charge in [0.25, 0.3) is 5.91 Å². The van der Waals surface area contributed by atoms with Gasteiger partial charge in [-0.1, -0.05) is 41.9 Å². The Morgan fingerprint density at radius 3 is 2.35 bits per heavy atom. The van der Waals surface area contributed by atoms with Gasteiger partial charge in [-0.25, -0.2) is 8.78 Å². The zero-order chi connectivity index (χ0) is 26.9. The molecule has 3 amide bonds. The number of halogens is 3. The number of likely N-dealkylation sites (N-methyl/N-ethyl adjacent to an activating group) is 1. The minimum atomic E-state index is -1.19. The molecule has 0 radical (unpaired) electrons. The smallest absolute Gasteiger partial charge is 0.251 e. The number of rotatable bonds is 6. The molecule has 0 fully saturated rings. The van der Waals surface area contributed by atoms with Crippen molar-refractivity contribution in [1.29, 1.82) is 0 Å². The molecule has 6 nitrogen and oxygen atoms in total. The van der Waals surface area contributed by atoms with Crippen LogP contribution < -0.4 is 10.6 Å². The Labute approximate surface area is 222 Å². The number of fused-ring (bicyclic) bond motifs is 1. The summed E-state index contributed by atoms with van der Waals surface area (Å²) in [5.74, 6) is -3.64. The fourth-order valence-electron chi connectivity index (χ4n) is 4.39.